The van der Waals surface area contributed by atoms with E-state index in [1.165, 1.54) is 6.20 Å². The minimum Gasteiger partial charge on any atom is -0.346 e. The van der Waals surface area contributed by atoms with Crippen LogP contribution in [0.2, 0.25) is 5.02 Å². The van der Waals surface area contributed by atoms with Crippen molar-refractivity contribution in [1.82, 2.24) is 4.57 Å². The Labute approximate surface area is 144 Å². The van der Waals surface area contributed by atoms with Crippen molar-refractivity contribution in [3.63, 3.8) is 0 Å². The van der Waals surface area contributed by atoms with E-state index >= 15 is 0 Å². The van der Waals surface area contributed by atoms with E-state index < -0.39 is 15.5 Å². The number of pyridine rings is 1. The van der Waals surface area contributed by atoms with E-state index in [9.17, 15) is 13.2 Å². The topological polar surface area (TPSA) is 68.2 Å². The number of halogens is 1. The molecule has 0 saturated heterocycles. The van der Waals surface area contributed by atoms with Gasteiger partial charge in [-0.05, 0) is 37.3 Å². The molecule has 7 heteroatoms. The summed E-state index contributed by atoms with van der Waals surface area (Å²) in [5.41, 5.74) is 0.458. The summed E-state index contributed by atoms with van der Waals surface area (Å²) >= 11 is 5.99. The number of aromatic nitrogens is 1. The Morgan fingerprint density at radius 2 is 1.83 bits per heavy atom. The number of para-hydroxylation sites is 1. The Hall–Kier alpha value is -2.31. The van der Waals surface area contributed by atoms with Crippen LogP contribution < -0.4 is 10.2 Å². The smallest absolute Gasteiger partial charge is 0.267 e. The Morgan fingerprint density at radius 1 is 1.12 bits per heavy atom. The predicted octanol–water partition coefficient (Wildman–Crippen LogP) is 3.48. The lowest BCUT2D eigenvalue weighted by atomic mass is 10.2. The zero-order valence-electron chi connectivity index (χ0n) is 12.9. The van der Waals surface area contributed by atoms with Crippen molar-refractivity contribution < 1.29 is 8.42 Å². The normalized spacial score (nSPS) is 11.6. The molecule has 1 N–H and O–H groups in total. The minimum atomic E-state index is -3.99. The molecule has 0 radical (unpaired) electrons. The van der Waals surface area contributed by atoms with Gasteiger partial charge in [-0.1, -0.05) is 29.8 Å². The molecule has 124 valence electrons. The summed E-state index contributed by atoms with van der Waals surface area (Å²) < 4.78 is 29.4. The number of rotatable bonds is 4. The number of benzene rings is 2. The van der Waals surface area contributed by atoms with Gasteiger partial charge in [-0.3, -0.25) is 9.52 Å². The van der Waals surface area contributed by atoms with Gasteiger partial charge < -0.3 is 4.57 Å². The van der Waals surface area contributed by atoms with Crippen molar-refractivity contribution in [1.29, 1.82) is 0 Å². The molecule has 0 fully saturated rings. The minimum absolute atomic E-state index is 0.289. The number of fused-ring (bicyclic) bond motifs is 1. The van der Waals surface area contributed by atoms with Gasteiger partial charge in [0.1, 0.15) is 0 Å². The predicted molar refractivity (Wildman–Crippen MR) is 96.1 cm³/mol. The zero-order valence-corrected chi connectivity index (χ0v) is 14.4. The van der Waals surface area contributed by atoms with E-state index in [1.54, 1.807) is 53.1 Å². The van der Waals surface area contributed by atoms with Gasteiger partial charge >= 0.3 is 0 Å². The van der Waals surface area contributed by atoms with E-state index in [2.05, 4.69) is 4.72 Å². The second-order valence-electron chi connectivity index (χ2n) is 5.24. The lowest BCUT2D eigenvalue weighted by Crippen LogP contribution is -2.23. The van der Waals surface area contributed by atoms with Crippen LogP contribution in [0.15, 0.2) is 64.4 Å². The average molecular weight is 363 g/mol. The highest BCUT2D eigenvalue weighted by atomic mass is 35.5. The molecule has 3 aromatic rings. The van der Waals surface area contributed by atoms with Crippen molar-refractivity contribution in [3.05, 3.63) is 70.0 Å². The largest absolute Gasteiger partial charge is 0.346 e. The SMILES string of the molecule is CCn1cc(S(=O)(=O)Nc2ccccc2)c(=O)c2ccc(Cl)cc21. The molecule has 0 unspecified atom stereocenters. The molecule has 0 aliphatic carbocycles. The molecule has 0 saturated carbocycles. The van der Waals surface area contributed by atoms with E-state index in [0.717, 1.165) is 0 Å². The first-order valence-electron chi connectivity index (χ1n) is 7.33. The maximum absolute atomic E-state index is 12.7. The summed E-state index contributed by atoms with van der Waals surface area (Å²) in [7, 11) is -3.99. The van der Waals surface area contributed by atoms with Gasteiger partial charge in [-0.15, -0.1) is 0 Å². The van der Waals surface area contributed by atoms with Crippen LogP contribution in [-0.2, 0) is 16.6 Å². The highest BCUT2D eigenvalue weighted by molar-refractivity contribution is 7.92. The van der Waals surface area contributed by atoms with Crippen LogP contribution in [0.3, 0.4) is 0 Å². The third kappa shape index (κ3) is 3.02. The molecule has 0 bridgehead atoms. The molecule has 0 amide bonds. The maximum Gasteiger partial charge on any atom is 0.267 e. The second-order valence-corrected chi connectivity index (χ2v) is 7.33. The van der Waals surface area contributed by atoms with Crippen LogP contribution >= 0.6 is 11.6 Å². The molecule has 2 aromatic carbocycles. The monoisotopic (exact) mass is 362 g/mol. The summed E-state index contributed by atoms with van der Waals surface area (Å²) in [6, 6.07) is 13.2. The fourth-order valence-corrected chi connectivity index (χ4v) is 3.85. The zero-order chi connectivity index (χ0) is 17.3. The summed E-state index contributed by atoms with van der Waals surface area (Å²) in [5, 5.41) is 0.805. The number of hydrogen-bond donors (Lipinski definition) is 1. The van der Waals surface area contributed by atoms with Gasteiger partial charge in [-0.2, -0.15) is 0 Å². The van der Waals surface area contributed by atoms with Crippen molar-refractivity contribution in [2.75, 3.05) is 4.72 Å². The fourth-order valence-electron chi connectivity index (χ4n) is 2.51. The van der Waals surface area contributed by atoms with Gasteiger partial charge in [0.2, 0.25) is 5.43 Å². The van der Waals surface area contributed by atoms with Crippen molar-refractivity contribution >= 4 is 38.2 Å². The molecular formula is C17H15ClN2O3S. The van der Waals surface area contributed by atoms with Crippen molar-refractivity contribution in [2.45, 2.75) is 18.4 Å². The second kappa shape index (κ2) is 6.30. The average Bonchev–Trinajstić information content (AvgIpc) is 2.55. The first-order chi connectivity index (χ1) is 11.4. The maximum atomic E-state index is 12.7. The number of anilines is 1. The molecule has 0 spiro atoms. The van der Waals surface area contributed by atoms with Crippen molar-refractivity contribution in [3.8, 4) is 0 Å². The summed E-state index contributed by atoms with van der Waals surface area (Å²) in [6.45, 7) is 2.37. The molecule has 24 heavy (non-hydrogen) atoms. The third-order valence-corrected chi connectivity index (χ3v) is 5.28. The van der Waals surface area contributed by atoms with E-state index in [4.69, 9.17) is 11.6 Å². The van der Waals surface area contributed by atoms with Crippen LogP contribution in [0.25, 0.3) is 10.9 Å². The highest BCUT2D eigenvalue weighted by Gasteiger charge is 2.21. The van der Waals surface area contributed by atoms with Crippen LogP contribution in [0.1, 0.15) is 6.92 Å². The highest BCUT2D eigenvalue weighted by Crippen LogP contribution is 2.20. The standard InChI is InChI=1S/C17H15ClN2O3S/c1-2-20-11-16(17(21)14-9-8-12(18)10-15(14)20)24(22,23)19-13-6-4-3-5-7-13/h3-11,19H,2H2,1H3. The van der Waals surface area contributed by atoms with E-state index in [0.29, 0.717) is 28.2 Å². The van der Waals surface area contributed by atoms with Gasteiger partial charge in [-0.25, -0.2) is 8.42 Å². The van der Waals surface area contributed by atoms with Crippen LogP contribution in [-0.4, -0.2) is 13.0 Å². The number of aryl methyl sites for hydroxylation is 1. The van der Waals surface area contributed by atoms with E-state index in [-0.39, 0.29) is 4.90 Å². The Morgan fingerprint density at radius 3 is 2.50 bits per heavy atom. The molecule has 1 aromatic heterocycles. The third-order valence-electron chi connectivity index (χ3n) is 3.67. The molecule has 3 rings (SSSR count). The lowest BCUT2D eigenvalue weighted by molar-refractivity contribution is 0.599. The Bertz CT molecular complexity index is 1060. The molecule has 5 nitrogen and oxygen atoms in total. The fraction of sp³-hybridized carbons (Fsp3) is 0.118. The van der Waals surface area contributed by atoms with E-state index in [1.807, 2.05) is 6.92 Å². The number of sulfonamides is 1. The van der Waals surface area contributed by atoms with Gasteiger partial charge in [0.25, 0.3) is 10.0 Å². The Kier molecular flexibility index (Phi) is 4.34. The first kappa shape index (κ1) is 16.5. The van der Waals surface area contributed by atoms with Crippen LogP contribution in [0.5, 0.6) is 0 Å². The molecule has 0 aliphatic rings. The van der Waals surface area contributed by atoms with Crippen molar-refractivity contribution in [2.24, 2.45) is 0 Å². The Balaban J connectivity index is 2.21. The van der Waals surface area contributed by atoms with Gasteiger partial charge in [0.05, 0.1) is 5.52 Å². The molecular weight excluding hydrogens is 348 g/mol. The summed E-state index contributed by atoms with van der Waals surface area (Å²) in [4.78, 5) is 12.4. The summed E-state index contributed by atoms with van der Waals surface area (Å²) in [5.74, 6) is 0. The summed E-state index contributed by atoms with van der Waals surface area (Å²) in [6.07, 6.45) is 1.35. The first-order valence-corrected chi connectivity index (χ1v) is 9.19. The molecule has 0 aliphatic heterocycles. The lowest BCUT2D eigenvalue weighted by Gasteiger charge is -2.13. The van der Waals surface area contributed by atoms with Crippen LogP contribution in [0.4, 0.5) is 5.69 Å². The number of hydrogen-bond acceptors (Lipinski definition) is 3. The molecule has 0 atom stereocenters. The van der Waals surface area contributed by atoms with Gasteiger partial charge in [0, 0.05) is 28.8 Å². The number of nitrogens with one attached hydrogen (secondary N) is 1. The quantitative estimate of drug-likeness (QED) is 0.772. The van der Waals surface area contributed by atoms with Gasteiger partial charge in [0.15, 0.2) is 4.90 Å². The number of nitrogens with zero attached hydrogens (tertiary/aromatic N) is 1. The molecule has 1 heterocycles. The van der Waals surface area contributed by atoms with Crippen LogP contribution in [0, 0.1) is 0 Å².